The summed E-state index contributed by atoms with van der Waals surface area (Å²) in [6.45, 7) is 18.3. The van der Waals surface area contributed by atoms with E-state index in [0.717, 1.165) is 71.0 Å². The Bertz CT molecular complexity index is 2310. The number of aryl methyl sites for hydroxylation is 1. The molecule has 2 amide bonds. The molecule has 14 heteroatoms. The van der Waals surface area contributed by atoms with Crippen LogP contribution in [0.1, 0.15) is 103 Å². The van der Waals surface area contributed by atoms with Crippen molar-refractivity contribution in [2.24, 2.45) is 46.3 Å². The molecule has 6 aliphatic rings. The van der Waals surface area contributed by atoms with Gasteiger partial charge in [0.15, 0.2) is 0 Å². The molecule has 0 spiro atoms. The monoisotopic (exact) mass is 833 g/mol. The molecule has 4 aromatic rings. The largest absolute Gasteiger partial charge is 0.381 e. The molecule has 0 aliphatic heterocycles. The third-order valence-electron chi connectivity index (χ3n) is 15.2. The SMILES string of the molecule is CCC(NC(=O)Cn1ncc(N[C@@H]2C[C@@H]3C[C@H]([C@H]2C)C3(C)C)cc1=O)c1ccncc1.Cc1cnccc1CNC(=O)Cn1ncc(N[C@@H]2C[C@@H]3C[C@H]([C@H]2C)C3(C)C)cc1=O. The first-order valence-corrected chi connectivity index (χ1v) is 22.1. The molecule has 61 heavy (non-hydrogen) atoms. The smallest absolute Gasteiger partial charge is 0.269 e. The highest BCUT2D eigenvalue weighted by atomic mass is 16.2. The Kier molecular flexibility index (Phi) is 12.8. The standard InChI is InChI=1S/C24H33N5O2.C23H31N5O2/c1-5-20(16-6-8-25-9-7-16)28-22(30)14-29-23(31)12-18(13-26-29)27-21-11-17-10-19(15(21)2)24(17,3)4;1-14-10-24-6-5-16(14)11-25-21(29)13-28-22(30)9-18(12-26-28)27-20-8-17-7-19(15(20)2)23(17,3)4/h6-9,12-13,15,17,19-21,27H,5,10-11,14H2,1-4H3,(H,28,30);5-6,9-10,12,15,17,19-20,27H,7-8,11,13H2,1-4H3,(H,25,29)/t15-,17+,19-,20?,21-;15-,17+,19-,20-/m11/s1. The highest BCUT2D eigenvalue weighted by Gasteiger charge is 2.57. The summed E-state index contributed by atoms with van der Waals surface area (Å²) in [6.07, 6.45) is 15.8. The Hall–Kier alpha value is -5.40. The molecule has 4 bridgehead atoms. The van der Waals surface area contributed by atoms with Crippen molar-refractivity contribution in [3.8, 4) is 0 Å². The first-order chi connectivity index (χ1) is 29.0. The molecule has 4 heterocycles. The summed E-state index contributed by atoms with van der Waals surface area (Å²) in [7, 11) is 0. The van der Waals surface area contributed by atoms with Crippen LogP contribution < -0.4 is 32.4 Å². The summed E-state index contributed by atoms with van der Waals surface area (Å²) in [5.74, 6) is 3.60. The Morgan fingerprint density at radius 1 is 0.738 bits per heavy atom. The van der Waals surface area contributed by atoms with Crippen LogP contribution in [0.25, 0.3) is 0 Å². The van der Waals surface area contributed by atoms with Gasteiger partial charge in [-0.05, 0) is 120 Å². The minimum Gasteiger partial charge on any atom is -0.381 e. The summed E-state index contributed by atoms with van der Waals surface area (Å²) in [6, 6.07) is 9.36. The van der Waals surface area contributed by atoms with Crippen molar-refractivity contribution >= 4 is 23.2 Å². The highest BCUT2D eigenvalue weighted by molar-refractivity contribution is 5.76. The van der Waals surface area contributed by atoms with E-state index in [1.54, 1.807) is 49.3 Å². The van der Waals surface area contributed by atoms with Crippen LogP contribution in [-0.4, -0.2) is 53.4 Å². The lowest BCUT2D eigenvalue weighted by Crippen LogP contribution is -2.58. The van der Waals surface area contributed by atoms with Crippen molar-refractivity contribution in [2.45, 2.75) is 125 Å². The fraction of sp³-hybridized carbons (Fsp3) is 0.574. The van der Waals surface area contributed by atoms with Crippen LogP contribution in [-0.2, 0) is 29.2 Å². The van der Waals surface area contributed by atoms with Crippen molar-refractivity contribution in [1.29, 1.82) is 0 Å². The number of pyridine rings is 2. The lowest BCUT2D eigenvalue weighted by molar-refractivity contribution is -0.123. The average molecular weight is 833 g/mol. The van der Waals surface area contributed by atoms with Gasteiger partial charge in [-0.2, -0.15) is 10.2 Å². The zero-order valence-corrected chi connectivity index (χ0v) is 37.0. The highest BCUT2D eigenvalue weighted by Crippen LogP contribution is 2.62. The van der Waals surface area contributed by atoms with Gasteiger partial charge < -0.3 is 21.3 Å². The number of aromatic nitrogens is 6. The van der Waals surface area contributed by atoms with E-state index in [1.165, 1.54) is 22.2 Å². The van der Waals surface area contributed by atoms with E-state index in [1.807, 2.05) is 32.0 Å². The summed E-state index contributed by atoms with van der Waals surface area (Å²) in [4.78, 5) is 57.9. The van der Waals surface area contributed by atoms with E-state index < -0.39 is 0 Å². The molecule has 6 saturated carbocycles. The average Bonchev–Trinajstić information content (AvgIpc) is 3.23. The molecule has 0 saturated heterocycles. The molecule has 4 N–H and O–H groups in total. The maximum absolute atomic E-state index is 12.6. The van der Waals surface area contributed by atoms with E-state index in [-0.39, 0.29) is 42.1 Å². The molecule has 14 nitrogen and oxygen atoms in total. The van der Waals surface area contributed by atoms with E-state index in [9.17, 15) is 19.2 Å². The second-order valence-corrected chi connectivity index (χ2v) is 19.3. The van der Waals surface area contributed by atoms with Crippen molar-refractivity contribution in [1.82, 2.24) is 40.2 Å². The number of anilines is 2. The van der Waals surface area contributed by atoms with Crippen LogP contribution in [0.15, 0.2) is 77.1 Å². The number of nitrogens with zero attached hydrogens (tertiary/aromatic N) is 6. The molecule has 4 aromatic heterocycles. The van der Waals surface area contributed by atoms with Crippen molar-refractivity contribution < 1.29 is 9.59 Å². The van der Waals surface area contributed by atoms with Gasteiger partial charge in [0.25, 0.3) is 11.1 Å². The fourth-order valence-electron chi connectivity index (χ4n) is 10.9. The van der Waals surface area contributed by atoms with Crippen molar-refractivity contribution in [3.05, 3.63) is 105 Å². The Morgan fingerprint density at radius 3 is 1.70 bits per heavy atom. The van der Waals surface area contributed by atoms with Gasteiger partial charge in [0.2, 0.25) is 11.8 Å². The minimum absolute atomic E-state index is 0.0958. The van der Waals surface area contributed by atoms with Crippen LogP contribution in [0.5, 0.6) is 0 Å². The normalized spacial score (nSPS) is 26.8. The maximum atomic E-state index is 12.6. The summed E-state index contributed by atoms with van der Waals surface area (Å²) < 4.78 is 2.41. The molecular weight excluding hydrogens is 769 g/mol. The number of rotatable bonds is 13. The molecule has 326 valence electrons. The molecule has 9 atom stereocenters. The predicted molar refractivity (Wildman–Crippen MR) is 236 cm³/mol. The number of hydrogen-bond acceptors (Lipinski definition) is 10. The Morgan fingerprint density at radius 2 is 1.25 bits per heavy atom. The van der Waals surface area contributed by atoms with Gasteiger partial charge in [-0.25, -0.2) is 9.36 Å². The minimum atomic E-state index is -0.274. The molecule has 0 aromatic carbocycles. The molecular formula is C47H64N10O4. The van der Waals surface area contributed by atoms with Gasteiger partial charge in [-0.15, -0.1) is 0 Å². The van der Waals surface area contributed by atoms with E-state index in [2.05, 4.69) is 83.0 Å². The lowest BCUT2D eigenvalue weighted by atomic mass is 9.45. The topological polar surface area (TPSA) is 178 Å². The fourth-order valence-corrected chi connectivity index (χ4v) is 10.9. The van der Waals surface area contributed by atoms with Crippen LogP contribution in [0.2, 0.25) is 0 Å². The van der Waals surface area contributed by atoms with Gasteiger partial charge in [0.1, 0.15) is 13.1 Å². The first-order valence-electron chi connectivity index (χ1n) is 22.1. The zero-order chi connectivity index (χ0) is 43.6. The second kappa shape index (κ2) is 17.9. The number of fused-ring (bicyclic) bond motifs is 4. The third-order valence-corrected chi connectivity index (χ3v) is 15.2. The third kappa shape index (κ3) is 9.43. The number of nitrogens with one attached hydrogen (secondary N) is 4. The molecule has 10 rings (SSSR count). The number of carbonyl (C=O) groups excluding carboxylic acids is 2. The quantitative estimate of drug-likeness (QED) is 0.123. The van der Waals surface area contributed by atoms with Gasteiger partial charge >= 0.3 is 0 Å². The number of hydrogen-bond donors (Lipinski definition) is 4. The van der Waals surface area contributed by atoms with Gasteiger partial charge in [-0.3, -0.25) is 29.1 Å². The van der Waals surface area contributed by atoms with Gasteiger partial charge in [-0.1, -0.05) is 48.5 Å². The van der Waals surface area contributed by atoms with Crippen LogP contribution in [0.3, 0.4) is 0 Å². The summed E-state index contributed by atoms with van der Waals surface area (Å²) in [5, 5.41) is 21.3. The molecule has 6 fully saturated rings. The summed E-state index contributed by atoms with van der Waals surface area (Å²) in [5.41, 5.74) is 4.80. The molecule has 1 unspecified atom stereocenters. The zero-order valence-electron chi connectivity index (χ0n) is 37.0. The van der Waals surface area contributed by atoms with Crippen molar-refractivity contribution in [2.75, 3.05) is 10.6 Å². The lowest BCUT2D eigenvalue weighted by Gasteiger charge is -2.62. The van der Waals surface area contributed by atoms with Crippen LogP contribution in [0.4, 0.5) is 11.4 Å². The van der Waals surface area contributed by atoms with Crippen LogP contribution >= 0.6 is 0 Å². The first kappa shape index (κ1) is 43.7. The van der Waals surface area contributed by atoms with Gasteiger partial charge in [0, 0.05) is 55.5 Å². The maximum Gasteiger partial charge on any atom is 0.269 e. The Labute approximate surface area is 359 Å². The number of carbonyl (C=O) groups is 2. The van der Waals surface area contributed by atoms with Gasteiger partial charge in [0.05, 0.1) is 29.8 Å². The van der Waals surface area contributed by atoms with Crippen molar-refractivity contribution in [3.63, 3.8) is 0 Å². The second-order valence-electron chi connectivity index (χ2n) is 19.3. The van der Waals surface area contributed by atoms with E-state index >= 15 is 0 Å². The molecule has 6 aliphatic carbocycles. The summed E-state index contributed by atoms with van der Waals surface area (Å²) >= 11 is 0. The Balaban J connectivity index is 0.000000184. The van der Waals surface area contributed by atoms with Crippen LogP contribution in [0, 0.1) is 53.3 Å². The predicted octanol–water partition coefficient (Wildman–Crippen LogP) is 6.13. The molecule has 0 radical (unpaired) electrons. The van der Waals surface area contributed by atoms with E-state index in [4.69, 9.17) is 0 Å². The van der Waals surface area contributed by atoms with E-state index in [0.29, 0.717) is 41.3 Å². The number of amides is 2.